The van der Waals surface area contributed by atoms with Gasteiger partial charge in [0.15, 0.2) is 6.61 Å². The van der Waals surface area contributed by atoms with Crippen LogP contribution in [0.15, 0.2) is 77.7 Å². The molecule has 0 aromatic heterocycles. The molecule has 0 saturated heterocycles. The molecule has 0 radical (unpaired) electrons. The molecule has 3 rings (SSSR count). The van der Waals surface area contributed by atoms with Crippen LogP contribution in [0.3, 0.4) is 0 Å². The lowest BCUT2D eigenvalue weighted by molar-refractivity contribution is -0.118. The van der Waals surface area contributed by atoms with Crippen molar-refractivity contribution < 1.29 is 27.5 Å². The standard InChI is InChI=1S/C24H23ClN2O6S/c1-2-32-24(29)18-8-10-19(11-9-18)27-23(28)16-33-22-13-12-20(14-21(22)25)34(30,31)26-15-17-6-4-3-5-7-17/h3-14,26H,2,15-16H2,1H3,(H,27,28). The number of halogens is 1. The molecule has 1 amide bonds. The van der Waals surface area contributed by atoms with E-state index in [4.69, 9.17) is 21.1 Å². The number of benzene rings is 3. The number of nitrogens with one attached hydrogen (secondary N) is 2. The van der Waals surface area contributed by atoms with E-state index in [1.807, 2.05) is 30.3 Å². The van der Waals surface area contributed by atoms with Gasteiger partial charge in [0.2, 0.25) is 10.0 Å². The summed E-state index contributed by atoms with van der Waals surface area (Å²) in [6, 6.07) is 19.3. The van der Waals surface area contributed by atoms with E-state index in [1.165, 1.54) is 30.3 Å². The molecule has 3 aromatic rings. The maximum absolute atomic E-state index is 12.5. The zero-order valence-corrected chi connectivity index (χ0v) is 19.9. The molecular weight excluding hydrogens is 480 g/mol. The second kappa shape index (κ2) is 11.6. The first-order valence-corrected chi connectivity index (χ1v) is 12.2. The molecule has 0 atom stereocenters. The zero-order valence-electron chi connectivity index (χ0n) is 18.3. The highest BCUT2D eigenvalue weighted by atomic mass is 35.5. The number of carbonyl (C=O) groups is 2. The fourth-order valence-electron chi connectivity index (χ4n) is 2.87. The van der Waals surface area contributed by atoms with Gasteiger partial charge in [0, 0.05) is 12.2 Å². The summed E-state index contributed by atoms with van der Waals surface area (Å²) in [7, 11) is -3.79. The number of hydrogen-bond acceptors (Lipinski definition) is 6. The molecule has 0 saturated carbocycles. The smallest absolute Gasteiger partial charge is 0.338 e. The van der Waals surface area contributed by atoms with Crippen molar-refractivity contribution >= 4 is 39.2 Å². The van der Waals surface area contributed by atoms with Gasteiger partial charge in [0.1, 0.15) is 5.75 Å². The Hall–Kier alpha value is -3.40. The van der Waals surface area contributed by atoms with Crippen LogP contribution in [-0.4, -0.2) is 33.5 Å². The van der Waals surface area contributed by atoms with Gasteiger partial charge in [-0.1, -0.05) is 41.9 Å². The first-order chi connectivity index (χ1) is 16.3. The monoisotopic (exact) mass is 502 g/mol. The average molecular weight is 503 g/mol. The SMILES string of the molecule is CCOC(=O)c1ccc(NC(=O)COc2ccc(S(=O)(=O)NCc3ccccc3)cc2Cl)cc1. The van der Waals surface area contributed by atoms with Gasteiger partial charge in [-0.3, -0.25) is 4.79 Å². The van der Waals surface area contributed by atoms with E-state index in [9.17, 15) is 18.0 Å². The molecular formula is C24H23ClN2O6S. The van der Waals surface area contributed by atoms with Crippen LogP contribution in [0.25, 0.3) is 0 Å². The van der Waals surface area contributed by atoms with Crippen LogP contribution in [0.1, 0.15) is 22.8 Å². The fraction of sp³-hybridized carbons (Fsp3) is 0.167. The zero-order chi connectivity index (χ0) is 24.6. The predicted molar refractivity (Wildman–Crippen MR) is 128 cm³/mol. The summed E-state index contributed by atoms with van der Waals surface area (Å²) in [6.45, 7) is 1.78. The quantitative estimate of drug-likeness (QED) is 0.405. The number of sulfonamides is 1. The molecule has 0 bridgehead atoms. The lowest BCUT2D eigenvalue weighted by atomic mass is 10.2. The summed E-state index contributed by atoms with van der Waals surface area (Å²) in [4.78, 5) is 23.8. The van der Waals surface area contributed by atoms with Gasteiger partial charge in [-0.05, 0) is 55.0 Å². The van der Waals surface area contributed by atoms with Crippen molar-refractivity contribution in [2.75, 3.05) is 18.5 Å². The maximum Gasteiger partial charge on any atom is 0.338 e. The Labute approximate surface area is 202 Å². The molecule has 2 N–H and O–H groups in total. The molecule has 0 heterocycles. The van der Waals surface area contributed by atoms with Crippen molar-refractivity contribution in [2.45, 2.75) is 18.4 Å². The minimum atomic E-state index is -3.79. The molecule has 0 fully saturated rings. The van der Waals surface area contributed by atoms with Crippen molar-refractivity contribution in [1.82, 2.24) is 4.72 Å². The van der Waals surface area contributed by atoms with E-state index in [-0.39, 0.29) is 35.4 Å². The number of carbonyl (C=O) groups excluding carboxylic acids is 2. The van der Waals surface area contributed by atoms with Crippen molar-refractivity contribution in [1.29, 1.82) is 0 Å². The third kappa shape index (κ3) is 7.05. The number of ether oxygens (including phenoxy) is 2. The number of anilines is 1. The van der Waals surface area contributed by atoms with Gasteiger partial charge < -0.3 is 14.8 Å². The first kappa shape index (κ1) is 25.2. The topological polar surface area (TPSA) is 111 Å². The summed E-state index contributed by atoms with van der Waals surface area (Å²) in [5.41, 5.74) is 1.66. The van der Waals surface area contributed by atoms with Gasteiger partial charge in [0.05, 0.1) is 22.1 Å². The molecule has 0 spiro atoms. The van der Waals surface area contributed by atoms with Crippen molar-refractivity contribution in [3.8, 4) is 5.75 Å². The van der Waals surface area contributed by atoms with E-state index in [2.05, 4.69) is 10.0 Å². The third-order valence-electron chi connectivity index (χ3n) is 4.56. The van der Waals surface area contributed by atoms with Gasteiger partial charge in [-0.15, -0.1) is 0 Å². The number of hydrogen-bond donors (Lipinski definition) is 2. The van der Waals surface area contributed by atoms with Crippen LogP contribution in [0.5, 0.6) is 5.75 Å². The highest BCUT2D eigenvalue weighted by Crippen LogP contribution is 2.27. The maximum atomic E-state index is 12.5. The largest absolute Gasteiger partial charge is 0.482 e. The predicted octanol–water partition coefficient (Wildman–Crippen LogP) is 4.01. The van der Waals surface area contributed by atoms with Crippen molar-refractivity contribution in [2.24, 2.45) is 0 Å². The molecule has 0 unspecified atom stereocenters. The number of amides is 1. The molecule has 0 aliphatic heterocycles. The van der Waals surface area contributed by atoms with Gasteiger partial charge in [-0.25, -0.2) is 17.9 Å². The van der Waals surface area contributed by atoms with Crippen LogP contribution >= 0.6 is 11.6 Å². The van der Waals surface area contributed by atoms with E-state index in [0.717, 1.165) is 5.56 Å². The molecule has 8 nitrogen and oxygen atoms in total. The van der Waals surface area contributed by atoms with E-state index in [0.29, 0.717) is 11.3 Å². The molecule has 34 heavy (non-hydrogen) atoms. The number of esters is 1. The van der Waals surface area contributed by atoms with Crippen LogP contribution in [0.4, 0.5) is 5.69 Å². The normalized spacial score (nSPS) is 11.0. The second-order valence-corrected chi connectivity index (χ2v) is 9.21. The van der Waals surface area contributed by atoms with E-state index >= 15 is 0 Å². The molecule has 0 aliphatic carbocycles. The first-order valence-electron chi connectivity index (χ1n) is 10.3. The second-order valence-electron chi connectivity index (χ2n) is 7.04. The highest BCUT2D eigenvalue weighted by molar-refractivity contribution is 7.89. The van der Waals surface area contributed by atoms with Crippen LogP contribution in [0.2, 0.25) is 5.02 Å². The Kier molecular flexibility index (Phi) is 8.64. The van der Waals surface area contributed by atoms with Gasteiger partial charge in [-0.2, -0.15) is 0 Å². The lowest BCUT2D eigenvalue weighted by Gasteiger charge is -2.11. The molecule has 0 aliphatic rings. The third-order valence-corrected chi connectivity index (χ3v) is 6.26. The summed E-state index contributed by atoms with van der Waals surface area (Å²) in [6.07, 6.45) is 0. The van der Waals surface area contributed by atoms with Gasteiger partial charge >= 0.3 is 5.97 Å². The summed E-state index contributed by atoms with van der Waals surface area (Å²) in [5, 5.41) is 2.68. The fourth-order valence-corrected chi connectivity index (χ4v) is 4.21. The Morgan fingerprint density at radius 1 is 0.971 bits per heavy atom. The average Bonchev–Trinajstić information content (AvgIpc) is 2.83. The molecule has 3 aromatic carbocycles. The van der Waals surface area contributed by atoms with Crippen LogP contribution < -0.4 is 14.8 Å². The Balaban J connectivity index is 1.55. The molecule has 10 heteroatoms. The molecule has 178 valence electrons. The van der Waals surface area contributed by atoms with E-state index < -0.39 is 21.9 Å². The van der Waals surface area contributed by atoms with Gasteiger partial charge in [0.25, 0.3) is 5.91 Å². The van der Waals surface area contributed by atoms with Crippen LogP contribution in [-0.2, 0) is 26.1 Å². The van der Waals surface area contributed by atoms with Crippen molar-refractivity contribution in [3.63, 3.8) is 0 Å². The summed E-state index contributed by atoms with van der Waals surface area (Å²) >= 11 is 6.18. The Morgan fingerprint density at radius 2 is 1.68 bits per heavy atom. The summed E-state index contributed by atoms with van der Waals surface area (Å²) < 4.78 is 37.9. The Morgan fingerprint density at radius 3 is 2.32 bits per heavy atom. The minimum absolute atomic E-state index is 0.0214. The minimum Gasteiger partial charge on any atom is -0.482 e. The van der Waals surface area contributed by atoms with Crippen molar-refractivity contribution in [3.05, 3.63) is 88.9 Å². The summed E-state index contributed by atoms with van der Waals surface area (Å²) in [5.74, 6) is -0.739. The van der Waals surface area contributed by atoms with E-state index in [1.54, 1.807) is 19.1 Å². The Bertz CT molecular complexity index is 1250. The van der Waals surface area contributed by atoms with Crippen LogP contribution in [0, 0.1) is 0 Å². The lowest BCUT2D eigenvalue weighted by Crippen LogP contribution is -2.23. The highest BCUT2D eigenvalue weighted by Gasteiger charge is 2.16. The number of rotatable bonds is 10.